The van der Waals surface area contributed by atoms with Gasteiger partial charge in [-0.3, -0.25) is 14.4 Å². The van der Waals surface area contributed by atoms with Gasteiger partial charge in [-0.05, 0) is 32.0 Å². The number of carbonyl (C=O) groups is 1. The summed E-state index contributed by atoms with van der Waals surface area (Å²) in [7, 11) is 1.44. The number of hydrogen-bond donors (Lipinski definition) is 3. The lowest BCUT2D eigenvalue weighted by Gasteiger charge is -2.16. The molecule has 0 saturated heterocycles. The quantitative estimate of drug-likeness (QED) is 0.589. The molecule has 0 radical (unpaired) electrons. The molecular formula is C16H18BrClN4O4. The summed E-state index contributed by atoms with van der Waals surface area (Å²) in [5.74, 6) is -0.667. The Kier molecular flexibility index (Phi) is 6.76. The summed E-state index contributed by atoms with van der Waals surface area (Å²) in [5, 5.41) is 16.6. The van der Waals surface area contributed by atoms with Crippen LogP contribution in [0, 0.1) is 6.92 Å². The SMILES string of the molecule is Cc1c(Nc2ccc(Br)cc2Cl)c(C(=O)NOCC(C)O)nn(C)c1=O. The number of nitrogens with zero attached hydrogens (tertiary/aromatic N) is 2. The first-order valence-corrected chi connectivity index (χ1v) is 8.78. The Morgan fingerprint density at radius 2 is 2.19 bits per heavy atom. The van der Waals surface area contributed by atoms with E-state index in [1.807, 2.05) is 0 Å². The zero-order valence-electron chi connectivity index (χ0n) is 14.3. The zero-order chi connectivity index (χ0) is 19.4. The normalized spacial score (nSPS) is 11.9. The van der Waals surface area contributed by atoms with Crippen LogP contribution in [0.2, 0.25) is 5.02 Å². The van der Waals surface area contributed by atoms with E-state index in [-0.39, 0.29) is 23.5 Å². The van der Waals surface area contributed by atoms with Gasteiger partial charge >= 0.3 is 0 Å². The second-order valence-electron chi connectivity index (χ2n) is 5.62. The van der Waals surface area contributed by atoms with Crippen molar-refractivity contribution in [2.75, 3.05) is 11.9 Å². The van der Waals surface area contributed by atoms with E-state index in [1.54, 1.807) is 25.1 Å². The van der Waals surface area contributed by atoms with Crippen LogP contribution < -0.4 is 16.4 Å². The van der Waals surface area contributed by atoms with Gasteiger partial charge in [-0.2, -0.15) is 5.10 Å². The Bertz CT molecular complexity index is 885. The molecule has 140 valence electrons. The summed E-state index contributed by atoms with van der Waals surface area (Å²) in [4.78, 5) is 29.6. The summed E-state index contributed by atoms with van der Waals surface area (Å²) < 4.78 is 1.85. The fourth-order valence-corrected chi connectivity index (χ4v) is 2.81. The smallest absolute Gasteiger partial charge is 0.297 e. The van der Waals surface area contributed by atoms with Gasteiger partial charge in [0.05, 0.1) is 22.5 Å². The van der Waals surface area contributed by atoms with E-state index in [4.69, 9.17) is 16.4 Å². The Hall–Kier alpha value is -1.94. The van der Waals surface area contributed by atoms with Crippen molar-refractivity contribution in [3.05, 3.63) is 49.3 Å². The molecule has 1 aromatic carbocycles. The molecular weight excluding hydrogens is 428 g/mol. The molecule has 3 N–H and O–H groups in total. The zero-order valence-corrected chi connectivity index (χ0v) is 16.7. The van der Waals surface area contributed by atoms with Crippen molar-refractivity contribution in [3.63, 3.8) is 0 Å². The molecule has 1 unspecified atom stereocenters. The van der Waals surface area contributed by atoms with Gasteiger partial charge in [-0.25, -0.2) is 10.2 Å². The minimum Gasteiger partial charge on any atom is -0.391 e. The van der Waals surface area contributed by atoms with Crippen LogP contribution in [0.4, 0.5) is 11.4 Å². The first kappa shape index (κ1) is 20.4. The third kappa shape index (κ3) is 4.82. The van der Waals surface area contributed by atoms with E-state index in [9.17, 15) is 14.7 Å². The van der Waals surface area contributed by atoms with Gasteiger partial charge in [-0.15, -0.1) is 0 Å². The van der Waals surface area contributed by atoms with E-state index in [0.29, 0.717) is 16.3 Å². The largest absolute Gasteiger partial charge is 0.391 e. The number of aliphatic hydroxyl groups is 1. The number of anilines is 2. The van der Waals surface area contributed by atoms with Crippen molar-refractivity contribution in [2.45, 2.75) is 20.0 Å². The molecule has 0 aliphatic heterocycles. The van der Waals surface area contributed by atoms with Crippen LogP contribution in [0.1, 0.15) is 23.0 Å². The highest BCUT2D eigenvalue weighted by atomic mass is 79.9. The lowest BCUT2D eigenvalue weighted by Crippen LogP contribution is -2.33. The van der Waals surface area contributed by atoms with Gasteiger partial charge in [-0.1, -0.05) is 27.5 Å². The van der Waals surface area contributed by atoms with Crippen LogP contribution in [0.15, 0.2) is 27.5 Å². The number of halogens is 2. The first-order valence-electron chi connectivity index (χ1n) is 7.61. The molecule has 10 heteroatoms. The number of hydrogen-bond acceptors (Lipinski definition) is 6. The monoisotopic (exact) mass is 444 g/mol. The number of carbonyl (C=O) groups excluding carboxylic acids is 1. The van der Waals surface area contributed by atoms with Crippen molar-refractivity contribution in [1.29, 1.82) is 0 Å². The second-order valence-corrected chi connectivity index (χ2v) is 6.94. The van der Waals surface area contributed by atoms with Gasteiger partial charge in [0.25, 0.3) is 11.5 Å². The lowest BCUT2D eigenvalue weighted by atomic mass is 10.2. The van der Waals surface area contributed by atoms with Crippen LogP contribution in [0.5, 0.6) is 0 Å². The lowest BCUT2D eigenvalue weighted by molar-refractivity contribution is -0.00717. The van der Waals surface area contributed by atoms with Gasteiger partial charge in [0.2, 0.25) is 0 Å². The number of amides is 1. The van der Waals surface area contributed by atoms with Crippen LogP contribution in [-0.4, -0.2) is 33.5 Å². The minimum atomic E-state index is -0.746. The Morgan fingerprint density at radius 3 is 2.81 bits per heavy atom. The highest BCUT2D eigenvalue weighted by Gasteiger charge is 2.20. The molecule has 1 amide bonds. The average molecular weight is 446 g/mol. The first-order chi connectivity index (χ1) is 12.2. The Morgan fingerprint density at radius 1 is 1.50 bits per heavy atom. The molecule has 1 heterocycles. The number of hydroxylamine groups is 1. The maximum absolute atomic E-state index is 12.4. The molecule has 0 spiro atoms. The molecule has 26 heavy (non-hydrogen) atoms. The molecule has 2 rings (SSSR count). The number of nitrogens with one attached hydrogen (secondary N) is 2. The predicted molar refractivity (Wildman–Crippen MR) is 102 cm³/mol. The van der Waals surface area contributed by atoms with Crippen LogP contribution in [0.3, 0.4) is 0 Å². The Labute approximate surface area is 163 Å². The summed E-state index contributed by atoms with van der Waals surface area (Å²) in [6.07, 6.45) is -0.746. The van der Waals surface area contributed by atoms with Crippen molar-refractivity contribution in [3.8, 4) is 0 Å². The summed E-state index contributed by atoms with van der Waals surface area (Å²) in [6.45, 7) is 3.01. The standard InChI is InChI=1S/C16H18BrClN4O4/c1-8(23)7-26-21-15(24)14-13(9(2)16(25)22(3)20-14)19-12-5-4-10(17)6-11(12)18/h4-6,8,19,23H,7H2,1-3H3,(H,21,24). The van der Waals surface area contributed by atoms with Crippen LogP contribution in [-0.2, 0) is 11.9 Å². The molecule has 0 bridgehead atoms. The molecule has 8 nitrogen and oxygen atoms in total. The van der Waals surface area contributed by atoms with E-state index in [1.165, 1.54) is 14.0 Å². The molecule has 0 aliphatic rings. The van der Waals surface area contributed by atoms with E-state index < -0.39 is 12.0 Å². The van der Waals surface area contributed by atoms with Crippen molar-refractivity contribution >= 4 is 44.8 Å². The summed E-state index contributed by atoms with van der Waals surface area (Å²) in [6, 6.07) is 5.15. The van der Waals surface area contributed by atoms with Crippen molar-refractivity contribution < 1.29 is 14.7 Å². The summed E-state index contributed by atoms with van der Waals surface area (Å²) in [5.41, 5.74) is 2.81. The number of rotatable bonds is 6. The molecule has 0 fully saturated rings. The minimum absolute atomic E-state index is 0.0471. The average Bonchev–Trinajstić information content (AvgIpc) is 2.56. The van der Waals surface area contributed by atoms with Crippen LogP contribution >= 0.6 is 27.5 Å². The predicted octanol–water partition coefficient (Wildman–Crippen LogP) is 2.29. The van der Waals surface area contributed by atoms with Gasteiger partial charge in [0.15, 0.2) is 5.69 Å². The topological polar surface area (TPSA) is 105 Å². The maximum atomic E-state index is 12.4. The molecule has 1 atom stereocenters. The van der Waals surface area contributed by atoms with Gasteiger partial charge in [0, 0.05) is 17.1 Å². The number of benzene rings is 1. The Balaban J connectivity index is 2.41. The van der Waals surface area contributed by atoms with E-state index in [2.05, 4.69) is 31.8 Å². The van der Waals surface area contributed by atoms with Crippen molar-refractivity contribution in [1.82, 2.24) is 15.3 Å². The number of aliphatic hydroxyl groups excluding tert-OH is 1. The fraction of sp³-hybridized carbons (Fsp3) is 0.312. The van der Waals surface area contributed by atoms with E-state index in [0.717, 1.165) is 9.15 Å². The van der Waals surface area contributed by atoms with Crippen molar-refractivity contribution in [2.24, 2.45) is 7.05 Å². The number of aromatic nitrogens is 2. The number of aryl methyl sites for hydroxylation is 1. The third-order valence-electron chi connectivity index (χ3n) is 3.37. The van der Waals surface area contributed by atoms with Gasteiger partial charge in [0.1, 0.15) is 6.61 Å². The molecule has 0 aliphatic carbocycles. The maximum Gasteiger partial charge on any atom is 0.297 e. The van der Waals surface area contributed by atoms with Crippen LogP contribution in [0.25, 0.3) is 0 Å². The second kappa shape index (κ2) is 8.63. The van der Waals surface area contributed by atoms with Gasteiger partial charge < -0.3 is 10.4 Å². The molecule has 1 aromatic heterocycles. The molecule has 0 saturated carbocycles. The highest BCUT2D eigenvalue weighted by Crippen LogP contribution is 2.30. The highest BCUT2D eigenvalue weighted by molar-refractivity contribution is 9.10. The fourth-order valence-electron chi connectivity index (χ4n) is 2.09. The summed E-state index contributed by atoms with van der Waals surface area (Å²) >= 11 is 9.52. The van der Waals surface area contributed by atoms with E-state index >= 15 is 0 Å². The third-order valence-corrected chi connectivity index (χ3v) is 4.18. The molecule has 2 aromatic rings.